The lowest BCUT2D eigenvalue weighted by molar-refractivity contribution is 0.140. The van der Waals surface area contributed by atoms with Crippen LogP contribution in [0.2, 0.25) is 0 Å². The zero-order valence-electron chi connectivity index (χ0n) is 14.3. The van der Waals surface area contributed by atoms with Gasteiger partial charge in [-0.15, -0.1) is 0 Å². The summed E-state index contributed by atoms with van der Waals surface area (Å²) in [6, 6.07) is 7.57. The number of hydrogen-bond donors (Lipinski definition) is 1. The van der Waals surface area contributed by atoms with E-state index in [2.05, 4.69) is 4.98 Å². The van der Waals surface area contributed by atoms with Crippen molar-refractivity contribution in [2.75, 3.05) is 30.4 Å². The van der Waals surface area contributed by atoms with Crippen molar-refractivity contribution in [3.63, 3.8) is 0 Å². The Morgan fingerprint density at radius 1 is 1.27 bits per heavy atom. The summed E-state index contributed by atoms with van der Waals surface area (Å²) in [7, 11) is 0. The van der Waals surface area contributed by atoms with Gasteiger partial charge in [-0.25, -0.2) is 13.8 Å². The smallest absolute Gasteiger partial charge is 0.125 e. The number of benzene rings is 1. The molecule has 1 aromatic carbocycles. The van der Waals surface area contributed by atoms with Crippen molar-refractivity contribution >= 4 is 11.5 Å². The van der Waals surface area contributed by atoms with E-state index in [4.69, 9.17) is 15.2 Å². The van der Waals surface area contributed by atoms with Gasteiger partial charge in [-0.05, 0) is 30.3 Å². The first kappa shape index (κ1) is 17.0. The molecule has 138 valence electrons. The van der Waals surface area contributed by atoms with Gasteiger partial charge in [-0.2, -0.15) is 0 Å². The summed E-state index contributed by atoms with van der Waals surface area (Å²) in [5.41, 5.74) is 7.05. The first-order valence-corrected chi connectivity index (χ1v) is 8.76. The molecule has 2 fully saturated rings. The lowest BCUT2D eigenvalue weighted by Gasteiger charge is -2.28. The Bertz CT molecular complexity index is 766. The number of ether oxygens (including phenoxy) is 2. The fraction of sp³-hybridized carbons (Fsp3) is 0.421. The fourth-order valence-corrected chi connectivity index (χ4v) is 3.60. The van der Waals surface area contributed by atoms with Gasteiger partial charge < -0.3 is 20.1 Å². The third-order valence-electron chi connectivity index (χ3n) is 4.86. The van der Waals surface area contributed by atoms with Gasteiger partial charge in [-0.3, -0.25) is 0 Å². The van der Waals surface area contributed by atoms with Gasteiger partial charge in [0.2, 0.25) is 0 Å². The highest BCUT2D eigenvalue weighted by Crippen LogP contribution is 2.41. The summed E-state index contributed by atoms with van der Waals surface area (Å²) >= 11 is 0. The van der Waals surface area contributed by atoms with Gasteiger partial charge in [0.05, 0.1) is 31.1 Å². The van der Waals surface area contributed by atoms with Crippen molar-refractivity contribution < 1.29 is 18.3 Å². The molecule has 3 atom stereocenters. The molecule has 26 heavy (non-hydrogen) atoms. The minimum Gasteiger partial charge on any atom is -0.488 e. The Labute approximate surface area is 150 Å². The number of hydrogen-bond acceptors (Lipinski definition) is 5. The number of aromatic nitrogens is 1. The van der Waals surface area contributed by atoms with Crippen molar-refractivity contribution in [3.8, 4) is 5.75 Å². The van der Waals surface area contributed by atoms with E-state index in [0.717, 1.165) is 12.1 Å². The number of nitrogen functional groups attached to an aromatic ring is 1. The molecule has 4 rings (SSSR count). The van der Waals surface area contributed by atoms with E-state index in [-0.39, 0.29) is 30.9 Å². The number of alkyl halides is 1. The Balaban J connectivity index is 1.67. The van der Waals surface area contributed by atoms with E-state index in [9.17, 15) is 8.78 Å². The van der Waals surface area contributed by atoms with Crippen LogP contribution in [0.1, 0.15) is 24.4 Å². The zero-order chi connectivity index (χ0) is 18.1. The Hall–Kier alpha value is -2.41. The second-order valence-electron chi connectivity index (χ2n) is 6.73. The van der Waals surface area contributed by atoms with Crippen molar-refractivity contribution in [2.24, 2.45) is 0 Å². The van der Waals surface area contributed by atoms with Crippen LogP contribution < -0.4 is 15.4 Å². The maximum atomic E-state index is 14.3. The van der Waals surface area contributed by atoms with Crippen LogP contribution >= 0.6 is 0 Å². The van der Waals surface area contributed by atoms with Gasteiger partial charge in [0.1, 0.15) is 29.7 Å². The second-order valence-corrected chi connectivity index (χ2v) is 6.73. The molecule has 0 bridgehead atoms. The lowest BCUT2D eigenvalue weighted by atomic mass is 10.0. The highest BCUT2D eigenvalue weighted by atomic mass is 19.1. The third kappa shape index (κ3) is 3.44. The predicted octanol–water partition coefficient (Wildman–Crippen LogP) is 3.26. The summed E-state index contributed by atoms with van der Waals surface area (Å²) in [6.07, 6.45) is 1.60. The molecule has 2 N–H and O–H groups in total. The molecule has 3 heterocycles. The molecule has 2 aliphatic rings. The molecule has 0 spiro atoms. The van der Waals surface area contributed by atoms with Gasteiger partial charge in [0.15, 0.2) is 0 Å². The number of nitrogens with zero attached hydrogens (tertiary/aromatic N) is 2. The number of halogens is 2. The molecule has 1 unspecified atom stereocenters. The van der Waals surface area contributed by atoms with Crippen LogP contribution in [0.5, 0.6) is 5.75 Å². The summed E-state index contributed by atoms with van der Waals surface area (Å²) in [5, 5.41) is 0. The Morgan fingerprint density at radius 2 is 2.15 bits per heavy atom. The number of rotatable bonds is 4. The van der Waals surface area contributed by atoms with Crippen molar-refractivity contribution in [1.82, 2.24) is 4.98 Å². The van der Waals surface area contributed by atoms with Crippen LogP contribution in [-0.4, -0.2) is 37.0 Å². The molecule has 0 aliphatic carbocycles. The first-order chi connectivity index (χ1) is 12.6. The quantitative estimate of drug-likeness (QED) is 0.906. The van der Waals surface area contributed by atoms with Crippen LogP contribution in [-0.2, 0) is 4.74 Å². The van der Waals surface area contributed by atoms with Crippen LogP contribution in [0, 0.1) is 5.82 Å². The van der Waals surface area contributed by atoms with E-state index >= 15 is 0 Å². The molecule has 1 aromatic heterocycles. The molecule has 2 saturated heterocycles. The molecule has 7 heteroatoms. The monoisotopic (exact) mass is 361 g/mol. The van der Waals surface area contributed by atoms with Gasteiger partial charge >= 0.3 is 0 Å². The molecule has 0 saturated carbocycles. The predicted molar refractivity (Wildman–Crippen MR) is 94.5 cm³/mol. The number of pyridine rings is 1. The molecule has 2 aromatic rings. The van der Waals surface area contributed by atoms with Crippen LogP contribution in [0.15, 0.2) is 36.5 Å². The zero-order valence-corrected chi connectivity index (χ0v) is 14.3. The molecule has 0 amide bonds. The van der Waals surface area contributed by atoms with Gasteiger partial charge in [0.25, 0.3) is 0 Å². The van der Waals surface area contributed by atoms with E-state index in [0.29, 0.717) is 30.3 Å². The second kappa shape index (κ2) is 7.07. The SMILES string of the molecule is Nc1ccc(N2C[C@@H](F)CC2c2cc(F)ccc2O[C@@H]2CCOC2)cn1. The molecule has 2 aliphatic heterocycles. The number of anilines is 2. The van der Waals surface area contributed by atoms with E-state index in [1.54, 1.807) is 24.4 Å². The van der Waals surface area contributed by atoms with Crippen LogP contribution in [0.25, 0.3) is 0 Å². The first-order valence-electron chi connectivity index (χ1n) is 8.76. The van der Waals surface area contributed by atoms with Crippen molar-refractivity contribution in [3.05, 3.63) is 47.9 Å². The summed E-state index contributed by atoms with van der Waals surface area (Å²) in [4.78, 5) is 5.98. The Morgan fingerprint density at radius 3 is 2.88 bits per heavy atom. The highest BCUT2D eigenvalue weighted by Gasteiger charge is 2.36. The largest absolute Gasteiger partial charge is 0.488 e. The summed E-state index contributed by atoms with van der Waals surface area (Å²) in [5.74, 6) is 0.611. The van der Waals surface area contributed by atoms with E-state index in [1.807, 2.05) is 4.90 Å². The molecular weight excluding hydrogens is 340 g/mol. The van der Waals surface area contributed by atoms with Gasteiger partial charge in [-0.1, -0.05) is 0 Å². The van der Waals surface area contributed by atoms with Crippen molar-refractivity contribution in [1.29, 1.82) is 0 Å². The standard InChI is InChI=1S/C19H21F2N3O2/c20-12-1-3-18(26-15-5-6-25-11-15)16(7-12)17-8-13(21)10-24(17)14-2-4-19(22)23-9-14/h1-4,7,9,13,15,17H,5-6,8,10-11H2,(H2,22,23)/t13-,15+,17?/m0/s1. The minimum absolute atomic E-state index is 0.0616. The van der Waals surface area contributed by atoms with Crippen LogP contribution in [0.3, 0.4) is 0 Å². The summed E-state index contributed by atoms with van der Waals surface area (Å²) in [6.45, 7) is 1.39. The van der Waals surface area contributed by atoms with Crippen LogP contribution in [0.4, 0.5) is 20.3 Å². The average Bonchev–Trinajstić information content (AvgIpc) is 3.27. The highest BCUT2D eigenvalue weighted by molar-refractivity contribution is 5.53. The maximum absolute atomic E-state index is 14.3. The molecule has 0 radical (unpaired) electrons. The third-order valence-corrected chi connectivity index (χ3v) is 4.86. The maximum Gasteiger partial charge on any atom is 0.125 e. The van der Waals surface area contributed by atoms with E-state index in [1.165, 1.54) is 12.1 Å². The molecule has 5 nitrogen and oxygen atoms in total. The number of nitrogens with two attached hydrogens (primary N) is 1. The van der Waals surface area contributed by atoms with E-state index < -0.39 is 6.17 Å². The lowest BCUT2D eigenvalue weighted by Crippen LogP contribution is -2.25. The minimum atomic E-state index is -1.01. The van der Waals surface area contributed by atoms with Crippen molar-refractivity contribution in [2.45, 2.75) is 31.2 Å². The van der Waals surface area contributed by atoms with Gasteiger partial charge in [0, 0.05) is 24.9 Å². The topological polar surface area (TPSA) is 60.6 Å². The Kier molecular flexibility index (Phi) is 4.63. The fourth-order valence-electron chi connectivity index (χ4n) is 3.60. The average molecular weight is 361 g/mol. The summed E-state index contributed by atoms with van der Waals surface area (Å²) < 4.78 is 39.6. The normalized spacial score (nSPS) is 25.6. The molecular formula is C19H21F2N3O2.